The van der Waals surface area contributed by atoms with E-state index in [1.807, 2.05) is 45.2 Å². The van der Waals surface area contributed by atoms with Crippen molar-refractivity contribution in [3.8, 4) is 11.3 Å². The third-order valence-electron chi connectivity index (χ3n) is 9.24. The Hall–Kier alpha value is -2.63. The van der Waals surface area contributed by atoms with Crippen LogP contribution in [0.5, 0.6) is 0 Å². The fourth-order valence-electron chi connectivity index (χ4n) is 6.32. The van der Waals surface area contributed by atoms with Gasteiger partial charge in [-0.3, -0.25) is 9.78 Å². The summed E-state index contributed by atoms with van der Waals surface area (Å²) in [4.78, 5) is 16.6. The van der Waals surface area contributed by atoms with E-state index >= 15 is 0 Å². The Balaban J connectivity index is 0.000000322. The Labute approximate surface area is 301 Å². The summed E-state index contributed by atoms with van der Waals surface area (Å²) in [6, 6.07) is 21.7. The second-order valence-electron chi connectivity index (χ2n) is 13.9. The van der Waals surface area contributed by atoms with Gasteiger partial charge in [-0.05, 0) is 60.6 Å². The molecule has 3 nitrogen and oxygen atoms in total. The minimum Gasteiger partial charge on any atom is -0.512 e. The molecule has 253 valence electrons. The van der Waals surface area contributed by atoms with Crippen molar-refractivity contribution >= 4 is 61.3 Å². The molecule has 0 aliphatic rings. The Bertz CT molecular complexity index is 1860. The maximum atomic E-state index is 11.7. The molecule has 1 N–H and O–H groups in total. The van der Waals surface area contributed by atoms with Crippen LogP contribution in [0.4, 0.5) is 0 Å². The minimum absolute atomic E-state index is 0. The quantitative estimate of drug-likeness (QED) is 0.0659. The van der Waals surface area contributed by atoms with Gasteiger partial charge in [0.25, 0.3) is 0 Å². The van der Waals surface area contributed by atoms with Gasteiger partial charge in [0.1, 0.15) is 0 Å². The molecule has 0 saturated heterocycles. The van der Waals surface area contributed by atoms with E-state index < -0.39 is 8.07 Å². The molecule has 6 heteroatoms. The Morgan fingerprint density at radius 2 is 1.53 bits per heavy atom. The molecule has 0 aliphatic heterocycles. The molecular formula is C41H52IrNO2SSi-. The molecule has 0 fully saturated rings. The molecular weight excluding hydrogens is 791 g/mol. The van der Waals surface area contributed by atoms with Gasteiger partial charge < -0.3 is 5.11 Å². The normalized spacial score (nSPS) is 12.2. The van der Waals surface area contributed by atoms with Crippen LogP contribution in [0, 0.1) is 24.8 Å². The molecule has 0 amide bonds. The Kier molecular flexibility index (Phi) is 13.8. The van der Waals surface area contributed by atoms with Gasteiger partial charge in [0, 0.05) is 59.3 Å². The molecule has 0 bridgehead atoms. The fraction of sp³-hybridized carbons (Fsp3) is 0.415. The summed E-state index contributed by atoms with van der Waals surface area (Å²) >= 11 is 1.91. The van der Waals surface area contributed by atoms with Crippen LogP contribution < -0.4 is 5.19 Å². The van der Waals surface area contributed by atoms with Crippen LogP contribution in [0.1, 0.15) is 84.3 Å². The summed E-state index contributed by atoms with van der Waals surface area (Å²) < 4.78 is 2.72. The second-order valence-corrected chi connectivity index (χ2v) is 20.0. The molecule has 2 heterocycles. The van der Waals surface area contributed by atoms with E-state index in [2.05, 4.69) is 95.0 Å². The molecule has 5 rings (SSSR count). The van der Waals surface area contributed by atoms with E-state index in [4.69, 9.17) is 4.98 Å². The van der Waals surface area contributed by atoms with Gasteiger partial charge in [-0.15, -0.1) is 40.5 Å². The summed E-state index contributed by atoms with van der Waals surface area (Å²) in [5.41, 5.74) is 4.80. The average molecular weight is 843 g/mol. The minimum atomic E-state index is -1.44. The number of hydrogen-bond donors (Lipinski definition) is 1. The maximum absolute atomic E-state index is 11.7. The van der Waals surface area contributed by atoms with Crippen molar-refractivity contribution in [2.24, 2.45) is 11.8 Å². The summed E-state index contributed by atoms with van der Waals surface area (Å²) in [5, 5.41) is 16.5. The number of rotatable bonds is 10. The van der Waals surface area contributed by atoms with Crippen molar-refractivity contribution in [2.45, 2.75) is 99.7 Å². The van der Waals surface area contributed by atoms with Crippen molar-refractivity contribution in [2.75, 3.05) is 0 Å². The van der Waals surface area contributed by atoms with Crippen LogP contribution in [0.2, 0.25) is 19.6 Å². The molecule has 0 aliphatic carbocycles. The van der Waals surface area contributed by atoms with Crippen LogP contribution >= 0.6 is 11.3 Å². The zero-order chi connectivity index (χ0) is 33.8. The predicted molar refractivity (Wildman–Crippen MR) is 205 cm³/mol. The smallest absolute Gasteiger partial charge is 0.162 e. The first-order chi connectivity index (χ1) is 21.8. The molecule has 47 heavy (non-hydrogen) atoms. The van der Waals surface area contributed by atoms with Crippen LogP contribution in [-0.4, -0.2) is 23.9 Å². The number of ketones is 1. The van der Waals surface area contributed by atoms with E-state index in [1.54, 1.807) is 0 Å². The van der Waals surface area contributed by atoms with Crippen LogP contribution in [-0.2, 0) is 24.9 Å². The number of benzene rings is 3. The summed E-state index contributed by atoms with van der Waals surface area (Å²) in [6.07, 6.45) is 6.87. The Morgan fingerprint density at radius 3 is 2.13 bits per heavy atom. The number of hydrogen-bond acceptors (Lipinski definition) is 4. The van der Waals surface area contributed by atoms with E-state index in [1.165, 1.54) is 53.3 Å². The van der Waals surface area contributed by atoms with Gasteiger partial charge in [0.2, 0.25) is 0 Å². The standard InChI is InChI=1S/C28H28NSSi.C13H24O2.Ir/c1-17(2)24-16-20(15-19-14-18(3)10-11-21(19)24)26-28-23(12-13-29-26)22-8-7-9-25(27(22)30-28)31(4,5)6;1-5-10(6-2)12(14)9-13(15)11(7-3)8-4;/h7-14,16-17H,1-6H3;9-11,14H,5-8H2,1-4H3;/q-1;;/b;12-9-;. The number of carbonyl (C=O) groups is 1. The molecule has 2 aromatic heterocycles. The number of pyridine rings is 1. The molecule has 5 aromatic rings. The van der Waals surface area contributed by atoms with Gasteiger partial charge in [-0.25, -0.2) is 0 Å². The number of aliphatic hydroxyl groups is 1. The van der Waals surface area contributed by atoms with Crippen molar-refractivity contribution in [1.82, 2.24) is 4.98 Å². The van der Waals surface area contributed by atoms with Gasteiger partial charge >= 0.3 is 0 Å². The molecule has 0 spiro atoms. The molecule has 3 aromatic carbocycles. The first kappa shape index (κ1) is 38.8. The van der Waals surface area contributed by atoms with Gasteiger partial charge in [0.05, 0.1) is 13.8 Å². The van der Waals surface area contributed by atoms with Gasteiger partial charge in [0.15, 0.2) is 5.78 Å². The number of nitrogens with zero attached hydrogens (tertiary/aromatic N) is 1. The topological polar surface area (TPSA) is 50.2 Å². The van der Waals surface area contributed by atoms with Crippen LogP contribution in [0.25, 0.3) is 42.2 Å². The number of thiophene rings is 1. The summed E-state index contributed by atoms with van der Waals surface area (Å²) in [5.74, 6) is 0.991. The van der Waals surface area contributed by atoms with Gasteiger partial charge in [-0.2, -0.15) is 0 Å². The summed E-state index contributed by atoms with van der Waals surface area (Å²) in [7, 11) is -1.44. The molecule has 1 radical (unpaired) electrons. The third-order valence-corrected chi connectivity index (χ3v) is 12.7. The number of carbonyl (C=O) groups excluding carboxylic acids is 1. The van der Waals surface area contributed by atoms with E-state index in [0.29, 0.717) is 5.92 Å². The monoisotopic (exact) mass is 843 g/mol. The zero-order valence-electron chi connectivity index (χ0n) is 29.9. The second kappa shape index (κ2) is 16.7. The molecule has 0 unspecified atom stereocenters. The van der Waals surface area contributed by atoms with Crippen LogP contribution in [0.3, 0.4) is 0 Å². The van der Waals surface area contributed by atoms with Crippen molar-refractivity contribution in [1.29, 1.82) is 0 Å². The number of aromatic nitrogens is 1. The largest absolute Gasteiger partial charge is 0.512 e. The van der Waals surface area contributed by atoms with E-state index in [0.717, 1.165) is 36.9 Å². The number of aliphatic hydroxyl groups excluding tert-OH is 1. The molecule has 0 saturated carbocycles. The van der Waals surface area contributed by atoms with Crippen molar-refractivity contribution in [3.63, 3.8) is 0 Å². The summed E-state index contributed by atoms with van der Waals surface area (Å²) in [6.45, 7) is 22.1. The van der Waals surface area contributed by atoms with E-state index in [-0.39, 0.29) is 43.5 Å². The van der Waals surface area contributed by atoms with Crippen molar-refractivity contribution < 1.29 is 30.0 Å². The predicted octanol–water partition coefficient (Wildman–Crippen LogP) is 11.9. The van der Waals surface area contributed by atoms with Crippen LogP contribution in [0.15, 0.2) is 66.6 Å². The first-order valence-corrected chi connectivity index (χ1v) is 21.4. The third kappa shape index (κ3) is 8.70. The van der Waals surface area contributed by atoms with Gasteiger partial charge in [-0.1, -0.05) is 108 Å². The van der Waals surface area contributed by atoms with Crippen molar-refractivity contribution in [3.05, 3.63) is 83.8 Å². The number of allylic oxidation sites excluding steroid dienone is 2. The maximum Gasteiger partial charge on any atom is 0.162 e. The number of fused-ring (bicyclic) bond motifs is 4. The Morgan fingerprint density at radius 1 is 0.894 bits per heavy atom. The fourth-order valence-corrected chi connectivity index (χ4v) is 10.0. The molecule has 0 atom stereocenters. The zero-order valence-corrected chi connectivity index (χ0v) is 34.1. The SMILES string of the molecule is CCC(CC)C(=O)/C=C(\O)C(CC)CC.Cc1ccc2c(C(C)C)cc(-c3nccc4c3sc3c([Si](C)(C)C)cccc34)[c-]c2c1.[Ir]. The first-order valence-electron chi connectivity index (χ1n) is 17.1. The average Bonchev–Trinajstić information content (AvgIpc) is 3.40. The van der Waals surface area contributed by atoms with E-state index in [9.17, 15) is 9.90 Å². The number of aryl methyl sites for hydroxylation is 1.